The molecular formula is C7H3ClN2O6. The van der Waals surface area contributed by atoms with Crippen LogP contribution in [0.2, 0.25) is 5.02 Å². The second kappa shape index (κ2) is 4.11. The zero-order chi connectivity index (χ0) is 12.5. The Bertz CT molecular complexity index is 500. The van der Waals surface area contributed by atoms with Gasteiger partial charge >= 0.3 is 17.3 Å². The van der Waals surface area contributed by atoms with E-state index in [0.717, 1.165) is 12.1 Å². The highest BCUT2D eigenvalue weighted by Gasteiger charge is 2.31. The molecule has 1 N–H and O–H groups in total. The van der Waals surface area contributed by atoms with Gasteiger partial charge in [0.15, 0.2) is 0 Å². The van der Waals surface area contributed by atoms with E-state index in [1.807, 2.05) is 0 Å². The Morgan fingerprint density at radius 2 is 1.81 bits per heavy atom. The van der Waals surface area contributed by atoms with Gasteiger partial charge in [0.25, 0.3) is 0 Å². The van der Waals surface area contributed by atoms with Crippen molar-refractivity contribution < 1.29 is 19.7 Å². The topological polar surface area (TPSA) is 124 Å². The first-order valence-electron chi connectivity index (χ1n) is 3.70. The van der Waals surface area contributed by atoms with Crippen LogP contribution in [0.1, 0.15) is 10.4 Å². The number of nitrogens with zero attached hydrogens (tertiary/aromatic N) is 2. The molecule has 0 bridgehead atoms. The number of benzene rings is 1. The molecule has 0 saturated heterocycles. The molecule has 0 atom stereocenters. The van der Waals surface area contributed by atoms with E-state index in [2.05, 4.69) is 0 Å². The zero-order valence-corrected chi connectivity index (χ0v) is 8.17. The Labute approximate surface area is 92.4 Å². The summed E-state index contributed by atoms with van der Waals surface area (Å²) in [6.07, 6.45) is 0. The van der Waals surface area contributed by atoms with Gasteiger partial charge in [0.1, 0.15) is 5.02 Å². The summed E-state index contributed by atoms with van der Waals surface area (Å²) in [6.45, 7) is 0. The number of carboxylic acids is 1. The minimum Gasteiger partial charge on any atom is -0.478 e. The molecule has 0 fully saturated rings. The molecule has 0 aliphatic heterocycles. The third-order valence-electron chi connectivity index (χ3n) is 1.70. The minimum absolute atomic E-state index is 0.557. The number of carboxylic acid groups (broad SMARTS) is 1. The molecular weight excluding hydrogens is 244 g/mol. The summed E-state index contributed by atoms with van der Waals surface area (Å²) in [4.78, 5) is 29.5. The number of halogens is 1. The van der Waals surface area contributed by atoms with Gasteiger partial charge in [-0.2, -0.15) is 0 Å². The lowest BCUT2D eigenvalue weighted by Crippen LogP contribution is -2.03. The van der Waals surface area contributed by atoms with E-state index in [1.54, 1.807) is 0 Å². The molecule has 0 saturated carbocycles. The minimum atomic E-state index is -1.50. The Hall–Kier alpha value is -2.22. The molecule has 8 nitrogen and oxygen atoms in total. The monoisotopic (exact) mass is 246 g/mol. The van der Waals surface area contributed by atoms with Gasteiger partial charge in [-0.05, 0) is 6.07 Å². The Morgan fingerprint density at radius 3 is 2.19 bits per heavy atom. The maximum atomic E-state index is 10.6. The summed E-state index contributed by atoms with van der Waals surface area (Å²) in [5.41, 5.74) is -2.43. The van der Waals surface area contributed by atoms with Crippen molar-refractivity contribution in [2.75, 3.05) is 0 Å². The molecule has 9 heteroatoms. The van der Waals surface area contributed by atoms with Crippen LogP contribution in [0.25, 0.3) is 0 Å². The molecule has 1 rings (SSSR count). The van der Waals surface area contributed by atoms with E-state index in [9.17, 15) is 25.0 Å². The lowest BCUT2D eigenvalue weighted by atomic mass is 10.1. The number of nitro groups is 2. The smallest absolute Gasteiger partial charge is 0.365 e. The van der Waals surface area contributed by atoms with Crippen molar-refractivity contribution in [2.24, 2.45) is 0 Å². The highest BCUT2D eigenvalue weighted by Crippen LogP contribution is 2.36. The van der Waals surface area contributed by atoms with E-state index in [1.165, 1.54) is 0 Å². The molecule has 0 heterocycles. The standard InChI is InChI=1S/C7H3ClN2O6/c8-5-3(7(11)12)1-2-4(9(13)14)6(5)10(15)16/h1-2H,(H,11,12). The third-order valence-corrected chi connectivity index (χ3v) is 2.09. The fourth-order valence-electron chi connectivity index (χ4n) is 1.04. The molecule has 0 radical (unpaired) electrons. The van der Waals surface area contributed by atoms with Gasteiger partial charge in [-0.1, -0.05) is 11.6 Å². The van der Waals surface area contributed by atoms with Crippen LogP contribution in [0.3, 0.4) is 0 Å². The SMILES string of the molecule is O=C(O)c1ccc([N+](=O)[O-])c([N+](=O)[O-])c1Cl. The summed E-state index contributed by atoms with van der Waals surface area (Å²) >= 11 is 5.42. The second-order valence-electron chi connectivity index (χ2n) is 2.61. The third kappa shape index (κ3) is 1.91. The fourth-order valence-corrected chi connectivity index (χ4v) is 1.35. The van der Waals surface area contributed by atoms with Crippen molar-refractivity contribution in [3.8, 4) is 0 Å². The average Bonchev–Trinajstić information content (AvgIpc) is 2.15. The van der Waals surface area contributed by atoms with E-state index < -0.39 is 37.8 Å². The molecule has 16 heavy (non-hydrogen) atoms. The molecule has 0 amide bonds. The van der Waals surface area contributed by atoms with E-state index in [4.69, 9.17) is 16.7 Å². The first-order valence-corrected chi connectivity index (χ1v) is 4.08. The van der Waals surface area contributed by atoms with E-state index in [0.29, 0.717) is 0 Å². The Morgan fingerprint density at radius 1 is 1.25 bits per heavy atom. The molecule has 0 aromatic heterocycles. The second-order valence-corrected chi connectivity index (χ2v) is 2.99. The van der Waals surface area contributed by atoms with Crippen LogP contribution in [0.15, 0.2) is 12.1 Å². The van der Waals surface area contributed by atoms with E-state index >= 15 is 0 Å². The number of aromatic carboxylic acids is 1. The molecule has 0 spiro atoms. The van der Waals surface area contributed by atoms with Gasteiger partial charge in [0.2, 0.25) is 0 Å². The highest BCUT2D eigenvalue weighted by atomic mass is 35.5. The van der Waals surface area contributed by atoms with Crippen molar-refractivity contribution >= 4 is 28.9 Å². The summed E-state index contributed by atoms with van der Waals surface area (Å²) in [5.74, 6) is -1.50. The van der Waals surface area contributed by atoms with Gasteiger partial charge in [-0.15, -0.1) is 0 Å². The number of carbonyl (C=O) groups is 1. The molecule has 0 unspecified atom stereocenters. The predicted octanol–water partition coefficient (Wildman–Crippen LogP) is 1.85. The number of rotatable bonds is 3. The molecule has 0 aliphatic rings. The fraction of sp³-hybridized carbons (Fsp3) is 0. The summed E-state index contributed by atoms with van der Waals surface area (Å²) in [5, 5.41) is 28.9. The van der Waals surface area contributed by atoms with Crippen molar-refractivity contribution in [1.29, 1.82) is 0 Å². The van der Waals surface area contributed by atoms with Crippen molar-refractivity contribution in [1.82, 2.24) is 0 Å². The number of hydrogen-bond acceptors (Lipinski definition) is 5. The zero-order valence-electron chi connectivity index (χ0n) is 7.42. The summed E-state index contributed by atoms with van der Waals surface area (Å²) in [7, 11) is 0. The van der Waals surface area contributed by atoms with Crippen LogP contribution in [0.5, 0.6) is 0 Å². The Kier molecular flexibility index (Phi) is 3.04. The maximum absolute atomic E-state index is 10.6. The molecule has 1 aromatic carbocycles. The molecule has 0 aliphatic carbocycles. The lowest BCUT2D eigenvalue weighted by molar-refractivity contribution is -0.422. The number of nitro benzene ring substituents is 2. The molecule has 1 aromatic rings. The summed E-state index contributed by atoms with van der Waals surface area (Å²) in [6, 6.07) is 1.57. The van der Waals surface area contributed by atoms with Crippen LogP contribution >= 0.6 is 11.6 Å². The number of hydrogen-bond donors (Lipinski definition) is 1. The van der Waals surface area contributed by atoms with E-state index in [-0.39, 0.29) is 0 Å². The first-order chi connectivity index (χ1) is 7.36. The van der Waals surface area contributed by atoms with Crippen LogP contribution in [-0.4, -0.2) is 20.9 Å². The van der Waals surface area contributed by atoms with Gasteiger partial charge in [0, 0.05) is 6.07 Å². The van der Waals surface area contributed by atoms with Crippen LogP contribution in [0.4, 0.5) is 11.4 Å². The quantitative estimate of drug-likeness (QED) is 0.641. The van der Waals surface area contributed by atoms with Crippen LogP contribution in [-0.2, 0) is 0 Å². The first kappa shape index (κ1) is 11.9. The molecule has 84 valence electrons. The Balaban J connectivity index is 3.60. The van der Waals surface area contributed by atoms with Gasteiger partial charge in [0.05, 0.1) is 15.4 Å². The van der Waals surface area contributed by atoms with Gasteiger partial charge < -0.3 is 5.11 Å². The normalized spacial score (nSPS) is 9.81. The van der Waals surface area contributed by atoms with Gasteiger partial charge in [-0.3, -0.25) is 20.2 Å². The van der Waals surface area contributed by atoms with Crippen molar-refractivity contribution in [2.45, 2.75) is 0 Å². The predicted molar refractivity (Wildman–Crippen MR) is 51.7 cm³/mol. The highest BCUT2D eigenvalue weighted by molar-refractivity contribution is 6.36. The van der Waals surface area contributed by atoms with Crippen molar-refractivity contribution in [3.05, 3.63) is 42.9 Å². The average molecular weight is 247 g/mol. The lowest BCUT2D eigenvalue weighted by Gasteiger charge is -2.00. The van der Waals surface area contributed by atoms with Crippen LogP contribution < -0.4 is 0 Å². The van der Waals surface area contributed by atoms with Gasteiger partial charge in [-0.25, -0.2) is 4.79 Å². The van der Waals surface area contributed by atoms with Crippen molar-refractivity contribution in [3.63, 3.8) is 0 Å². The maximum Gasteiger partial charge on any atom is 0.365 e. The largest absolute Gasteiger partial charge is 0.478 e. The summed E-state index contributed by atoms with van der Waals surface area (Å²) < 4.78 is 0. The van der Waals surface area contributed by atoms with Crippen LogP contribution in [0, 0.1) is 20.2 Å².